The lowest BCUT2D eigenvalue weighted by atomic mass is 9.79. The van der Waals surface area contributed by atoms with Crippen molar-refractivity contribution in [1.82, 2.24) is 4.98 Å². The Labute approximate surface area is 200 Å². The molecular formula is C25H23ClN2O4S. The van der Waals surface area contributed by atoms with Gasteiger partial charge in [-0.2, -0.15) is 0 Å². The summed E-state index contributed by atoms with van der Waals surface area (Å²) >= 11 is 7.58. The first-order valence-electron chi connectivity index (χ1n) is 10.6. The smallest absolute Gasteiger partial charge is 0.304 e. The van der Waals surface area contributed by atoms with Crippen LogP contribution in [0.3, 0.4) is 0 Å². The summed E-state index contributed by atoms with van der Waals surface area (Å²) in [5.74, 6) is -2.53. The predicted octanol–water partition coefficient (Wildman–Crippen LogP) is 4.99. The number of nitrogens with zero attached hydrogens (tertiary/aromatic N) is 2. The average Bonchev–Trinajstić information content (AvgIpc) is 3.28. The molecule has 33 heavy (non-hydrogen) atoms. The Kier molecular flexibility index (Phi) is 7.23. The molecule has 0 saturated heterocycles. The van der Waals surface area contributed by atoms with Gasteiger partial charge in [0.2, 0.25) is 5.91 Å². The molecule has 2 heterocycles. The zero-order chi connectivity index (χ0) is 23.4. The minimum atomic E-state index is -1.05. The van der Waals surface area contributed by atoms with Crippen molar-refractivity contribution in [3.8, 4) is 11.3 Å². The van der Waals surface area contributed by atoms with E-state index in [0.717, 1.165) is 11.1 Å². The first-order valence-corrected chi connectivity index (χ1v) is 11.8. The summed E-state index contributed by atoms with van der Waals surface area (Å²) in [5, 5.41) is 22.4. The van der Waals surface area contributed by atoms with Crippen molar-refractivity contribution < 1.29 is 19.8 Å². The van der Waals surface area contributed by atoms with Crippen molar-refractivity contribution >= 4 is 39.9 Å². The highest BCUT2D eigenvalue weighted by atomic mass is 35.5. The molecule has 0 aliphatic carbocycles. The van der Waals surface area contributed by atoms with Crippen molar-refractivity contribution in [3.05, 3.63) is 82.7 Å². The van der Waals surface area contributed by atoms with E-state index in [2.05, 4.69) is 4.98 Å². The van der Waals surface area contributed by atoms with Crippen LogP contribution in [0.5, 0.6) is 0 Å². The van der Waals surface area contributed by atoms with Gasteiger partial charge in [-0.3, -0.25) is 14.5 Å². The van der Waals surface area contributed by atoms with E-state index in [1.807, 2.05) is 60.0 Å². The maximum atomic E-state index is 13.9. The second-order valence-electron chi connectivity index (χ2n) is 7.84. The van der Waals surface area contributed by atoms with Crippen LogP contribution in [0.15, 0.2) is 72.1 Å². The number of carbonyl (C=O) groups is 2. The molecular weight excluding hydrogens is 460 g/mol. The molecule has 2 N–H and O–H groups in total. The van der Waals surface area contributed by atoms with E-state index in [9.17, 15) is 19.8 Å². The lowest BCUT2D eigenvalue weighted by Crippen LogP contribution is -2.47. The van der Waals surface area contributed by atoms with Crippen molar-refractivity contribution in [1.29, 1.82) is 0 Å². The Bertz CT molecular complexity index is 1160. The molecule has 3 atom stereocenters. The van der Waals surface area contributed by atoms with Gasteiger partial charge in [-0.25, -0.2) is 4.98 Å². The maximum absolute atomic E-state index is 13.9. The van der Waals surface area contributed by atoms with Gasteiger partial charge in [-0.05, 0) is 24.0 Å². The number of aliphatic hydroxyl groups is 1. The zero-order valence-electron chi connectivity index (χ0n) is 17.7. The molecule has 1 amide bonds. The van der Waals surface area contributed by atoms with Gasteiger partial charge < -0.3 is 10.2 Å². The van der Waals surface area contributed by atoms with Gasteiger partial charge in [0, 0.05) is 16.0 Å². The SMILES string of the molecule is O=C(O)C[C@@H]1C(=O)N(c2nc(-c3ccccc3Cl)cs2)[C@H](CO)/C=C\C[C@@H]1c1ccccc1. The summed E-state index contributed by atoms with van der Waals surface area (Å²) in [5.41, 5.74) is 2.26. The molecule has 2 aromatic carbocycles. The number of thiazole rings is 1. The third kappa shape index (κ3) is 5.00. The molecule has 0 spiro atoms. The molecule has 0 saturated carbocycles. The number of halogens is 1. The van der Waals surface area contributed by atoms with Crippen LogP contribution in [0, 0.1) is 5.92 Å². The van der Waals surface area contributed by atoms with Crippen LogP contribution in [-0.2, 0) is 9.59 Å². The third-order valence-electron chi connectivity index (χ3n) is 5.78. The second kappa shape index (κ2) is 10.3. The van der Waals surface area contributed by atoms with Crippen molar-refractivity contribution in [2.24, 2.45) is 5.92 Å². The minimum Gasteiger partial charge on any atom is -0.481 e. The van der Waals surface area contributed by atoms with Crippen LogP contribution in [0.1, 0.15) is 24.3 Å². The molecule has 1 aromatic heterocycles. The van der Waals surface area contributed by atoms with Crippen molar-refractivity contribution in [2.45, 2.75) is 24.8 Å². The van der Waals surface area contributed by atoms with Crippen LogP contribution in [0.4, 0.5) is 5.13 Å². The summed E-state index contributed by atoms with van der Waals surface area (Å²) in [6.45, 7) is -0.307. The van der Waals surface area contributed by atoms with Crippen LogP contribution in [-0.4, -0.2) is 39.7 Å². The van der Waals surface area contributed by atoms with Gasteiger partial charge in [-0.15, -0.1) is 11.3 Å². The van der Waals surface area contributed by atoms with Crippen molar-refractivity contribution in [3.63, 3.8) is 0 Å². The third-order valence-corrected chi connectivity index (χ3v) is 6.95. The minimum absolute atomic E-state index is 0.307. The molecule has 3 aromatic rings. The number of aliphatic hydroxyl groups excluding tert-OH is 1. The molecule has 8 heteroatoms. The number of carboxylic acid groups (broad SMARTS) is 1. The number of amides is 1. The number of anilines is 1. The number of benzene rings is 2. The molecule has 0 radical (unpaired) electrons. The van der Waals surface area contributed by atoms with E-state index >= 15 is 0 Å². The van der Waals surface area contributed by atoms with E-state index in [0.29, 0.717) is 22.3 Å². The number of allylic oxidation sites excluding steroid dienone is 1. The fourth-order valence-corrected chi connectivity index (χ4v) is 5.30. The number of aliphatic carboxylic acids is 1. The lowest BCUT2D eigenvalue weighted by molar-refractivity contribution is -0.141. The van der Waals surface area contributed by atoms with Gasteiger partial charge in [-0.1, -0.05) is 72.3 Å². The highest BCUT2D eigenvalue weighted by Gasteiger charge is 2.39. The Morgan fingerprint density at radius 3 is 2.58 bits per heavy atom. The van der Waals surface area contributed by atoms with Crippen LogP contribution in [0.2, 0.25) is 5.02 Å². The number of carbonyl (C=O) groups excluding carboxylic acids is 1. The number of rotatable bonds is 6. The Balaban J connectivity index is 1.77. The summed E-state index contributed by atoms with van der Waals surface area (Å²) in [7, 11) is 0. The maximum Gasteiger partial charge on any atom is 0.304 e. The van der Waals surface area contributed by atoms with Crippen molar-refractivity contribution in [2.75, 3.05) is 11.5 Å². The fourth-order valence-electron chi connectivity index (χ4n) is 4.18. The quantitative estimate of drug-likeness (QED) is 0.483. The van der Waals surface area contributed by atoms with E-state index in [1.165, 1.54) is 16.2 Å². The summed E-state index contributed by atoms with van der Waals surface area (Å²) < 4.78 is 0. The summed E-state index contributed by atoms with van der Waals surface area (Å²) in [6.07, 6.45) is 3.89. The van der Waals surface area contributed by atoms with Gasteiger partial charge >= 0.3 is 5.97 Å². The molecule has 0 bridgehead atoms. The lowest BCUT2D eigenvalue weighted by Gasteiger charge is -2.35. The Morgan fingerprint density at radius 1 is 1.15 bits per heavy atom. The van der Waals surface area contributed by atoms with E-state index in [1.54, 1.807) is 12.1 Å². The summed E-state index contributed by atoms with van der Waals surface area (Å²) in [6, 6.07) is 16.1. The number of aromatic nitrogens is 1. The first-order chi connectivity index (χ1) is 16.0. The van der Waals surface area contributed by atoms with E-state index in [-0.39, 0.29) is 24.9 Å². The molecule has 0 fully saturated rings. The second-order valence-corrected chi connectivity index (χ2v) is 9.08. The molecule has 1 aliphatic heterocycles. The largest absolute Gasteiger partial charge is 0.481 e. The van der Waals surface area contributed by atoms with Gasteiger partial charge in [0.05, 0.1) is 30.7 Å². The molecule has 170 valence electrons. The van der Waals surface area contributed by atoms with Gasteiger partial charge in [0.15, 0.2) is 5.13 Å². The van der Waals surface area contributed by atoms with Crippen LogP contribution in [0.25, 0.3) is 11.3 Å². The monoisotopic (exact) mass is 482 g/mol. The van der Waals surface area contributed by atoms with E-state index in [4.69, 9.17) is 11.6 Å². The Morgan fingerprint density at radius 2 is 1.88 bits per heavy atom. The first kappa shape index (κ1) is 23.2. The van der Waals surface area contributed by atoms with Crippen LogP contribution >= 0.6 is 22.9 Å². The normalized spacial score (nSPS) is 21.9. The molecule has 1 aliphatic rings. The molecule has 0 unspecified atom stereocenters. The highest BCUT2D eigenvalue weighted by Crippen LogP contribution is 2.38. The molecule has 4 rings (SSSR count). The standard InChI is InChI=1S/C25H23ClN2O4S/c26-21-12-5-4-10-19(21)22-15-33-25(27-22)28-17(14-29)9-6-11-18(16-7-2-1-3-8-16)20(24(28)32)13-23(30)31/h1-10,12,15,17-18,20,29H,11,13-14H2,(H,30,31)/b9-6-/t17-,18+,20-/m0/s1. The van der Waals surface area contributed by atoms with Crippen LogP contribution < -0.4 is 4.90 Å². The fraction of sp³-hybridized carbons (Fsp3) is 0.240. The zero-order valence-corrected chi connectivity index (χ0v) is 19.2. The number of carboxylic acids is 1. The highest BCUT2D eigenvalue weighted by molar-refractivity contribution is 7.14. The topological polar surface area (TPSA) is 90.7 Å². The number of hydrogen-bond acceptors (Lipinski definition) is 5. The van der Waals surface area contributed by atoms with Gasteiger partial charge in [0.25, 0.3) is 0 Å². The van der Waals surface area contributed by atoms with E-state index < -0.39 is 17.9 Å². The average molecular weight is 483 g/mol. The molecule has 6 nitrogen and oxygen atoms in total. The predicted molar refractivity (Wildman–Crippen MR) is 130 cm³/mol. The summed E-state index contributed by atoms with van der Waals surface area (Å²) in [4.78, 5) is 31.7. The number of hydrogen-bond donors (Lipinski definition) is 2. The Hall–Kier alpha value is -3.00. The van der Waals surface area contributed by atoms with Gasteiger partial charge in [0.1, 0.15) is 0 Å².